The number of H-pyrrole nitrogens is 1. The van der Waals surface area contributed by atoms with E-state index in [1.807, 2.05) is 38.1 Å². The molecule has 2 aromatic carbocycles. The van der Waals surface area contributed by atoms with Gasteiger partial charge in [-0.2, -0.15) is 0 Å². The van der Waals surface area contributed by atoms with Crippen LogP contribution < -0.4 is 16.0 Å². The fraction of sp³-hybridized carbons (Fsp3) is 0.375. The van der Waals surface area contributed by atoms with E-state index in [2.05, 4.69) is 25.9 Å². The van der Waals surface area contributed by atoms with Gasteiger partial charge in [0, 0.05) is 43.0 Å². The topological polar surface area (TPSA) is 153 Å². The number of thiazole rings is 1. The first-order valence-corrected chi connectivity index (χ1v) is 15.5. The van der Waals surface area contributed by atoms with Crippen molar-refractivity contribution < 1.29 is 24.0 Å². The summed E-state index contributed by atoms with van der Waals surface area (Å²) in [5, 5.41) is 9.31. The van der Waals surface area contributed by atoms with Gasteiger partial charge in [0.15, 0.2) is 5.01 Å². The Balaban J connectivity index is 1.38. The number of para-hydroxylation sites is 1. The van der Waals surface area contributed by atoms with E-state index >= 15 is 0 Å². The van der Waals surface area contributed by atoms with Crippen molar-refractivity contribution in [3.05, 3.63) is 64.8 Å². The van der Waals surface area contributed by atoms with Crippen molar-refractivity contribution >= 4 is 61.9 Å². The number of aromatic amines is 1. The molecule has 0 radical (unpaired) electrons. The Kier molecular flexibility index (Phi) is 9.09. The maximum atomic E-state index is 13.8. The van der Waals surface area contributed by atoms with E-state index in [9.17, 15) is 24.0 Å². The monoisotopic (exact) mass is 616 g/mol. The summed E-state index contributed by atoms with van der Waals surface area (Å²) in [6.45, 7) is 4.38. The number of aromatic nitrogens is 2. The highest BCUT2D eigenvalue weighted by atomic mass is 32.1. The van der Waals surface area contributed by atoms with Crippen LogP contribution in [0.4, 0.5) is 0 Å². The second-order valence-electron chi connectivity index (χ2n) is 11.7. The summed E-state index contributed by atoms with van der Waals surface area (Å²) < 4.78 is 0.846. The first-order valence-electron chi connectivity index (χ1n) is 14.6. The van der Waals surface area contributed by atoms with Gasteiger partial charge in [-0.25, -0.2) is 4.98 Å². The number of hydrogen-bond donors (Lipinski definition) is 4. The van der Waals surface area contributed by atoms with E-state index in [1.165, 1.54) is 16.2 Å². The number of carbonyl (C=O) groups is 5. The molecule has 1 unspecified atom stereocenters. The second-order valence-corrected chi connectivity index (χ2v) is 12.8. The van der Waals surface area contributed by atoms with Crippen LogP contribution in [0.1, 0.15) is 63.8 Å². The molecule has 4 amide bonds. The third-order valence-electron chi connectivity index (χ3n) is 7.69. The summed E-state index contributed by atoms with van der Waals surface area (Å²) in [5.41, 5.74) is 1.95. The van der Waals surface area contributed by atoms with Crippen LogP contribution >= 0.6 is 11.3 Å². The van der Waals surface area contributed by atoms with E-state index in [-0.39, 0.29) is 40.6 Å². The lowest BCUT2D eigenvalue weighted by Crippen LogP contribution is -2.52. The third kappa shape index (κ3) is 6.65. The van der Waals surface area contributed by atoms with Crippen molar-refractivity contribution in [3.63, 3.8) is 0 Å². The maximum Gasteiger partial charge on any atom is 0.268 e. The van der Waals surface area contributed by atoms with Crippen LogP contribution in [0.15, 0.2) is 48.5 Å². The SMILES string of the molecule is CC(C)C[C@H](NC(=O)c1cc2c(C(=O)N(C)C)cccc2[nH]1)C(=O)N[C@@H](CC1CCNC1=O)C(=O)c1nc2ccccc2s1. The Morgan fingerprint density at radius 2 is 1.82 bits per heavy atom. The summed E-state index contributed by atoms with van der Waals surface area (Å²) in [6.07, 6.45) is 0.997. The molecule has 4 aromatic rings. The van der Waals surface area contributed by atoms with Gasteiger partial charge in [0.25, 0.3) is 11.8 Å². The number of carbonyl (C=O) groups excluding carboxylic acids is 5. The van der Waals surface area contributed by atoms with Crippen molar-refractivity contribution in [2.45, 2.75) is 45.2 Å². The summed E-state index contributed by atoms with van der Waals surface area (Å²) >= 11 is 1.24. The summed E-state index contributed by atoms with van der Waals surface area (Å²) in [5.74, 6) is -2.15. The van der Waals surface area contributed by atoms with Crippen LogP contribution in [-0.4, -0.2) is 77.0 Å². The number of nitrogens with one attached hydrogen (secondary N) is 4. The molecule has 230 valence electrons. The fourth-order valence-corrected chi connectivity index (χ4v) is 6.39. The minimum atomic E-state index is -1.00. The van der Waals surface area contributed by atoms with E-state index in [0.29, 0.717) is 41.4 Å². The van der Waals surface area contributed by atoms with Crippen molar-refractivity contribution in [1.82, 2.24) is 30.8 Å². The number of nitrogens with zero attached hydrogens (tertiary/aromatic N) is 2. The minimum absolute atomic E-state index is 0.0390. The highest BCUT2D eigenvalue weighted by Gasteiger charge is 2.35. The van der Waals surface area contributed by atoms with Crippen LogP contribution in [0, 0.1) is 11.8 Å². The van der Waals surface area contributed by atoms with Gasteiger partial charge < -0.3 is 25.8 Å². The Labute approximate surface area is 258 Å². The molecule has 1 aliphatic heterocycles. The van der Waals surface area contributed by atoms with Gasteiger partial charge in [-0.1, -0.05) is 32.0 Å². The van der Waals surface area contributed by atoms with Gasteiger partial charge >= 0.3 is 0 Å². The molecule has 0 spiro atoms. The number of ketones is 1. The first kappa shape index (κ1) is 30.9. The zero-order chi connectivity index (χ0) is 31.5. The summed E-state index contributed by atoms with van der Waals surface area (Å²) in [4.78, 5) is 75.0. The standard InChI is InChI=1S/C32H36N6O5S/c1-17(2)14-24(36-30(42)25-16-20-19(32(43)38(3)4)8-7-10-21(20)34-25)29(41)35-23(15-18-12-13-33-28(18)40)27(39)31-37-22-9-5-6-11-26(22)44-31/h5-11,16-18,23-24,34H,12-15H2,1-4H3,(H,33,40)(H,35,41)(H,36,42)/t18?,23-,24-/m0/s1. The highest BCUT2D eigenvalue weighted by Crippen LogP contribution is 2.26. The Bertz CT molecular complexity index is 1710. The average molecular weight is 617 g/mol. The van der Waals surface area contributed by atoms with Crippen LogP contribution in [0.2, 0.25) is 0 Å². The molecule has 1 aliphatic rings. The lowest BCUT2D eigenvalue weighted by Gasteiger charge is -2.24. The van der Waals surface area contributed by atoms with Crippen LogP contribution in [-0.2, 0) is 9.59 Å². The molecule has 1 saturated heterocycles. The molecule has 0 bridgehead atoms. The highest BCUT2D eigenvalue weighted by molar-refractivity contribution is 7.20. The Morgan fingerprint density at radius 3 is 2.50 bits per heavy atom. The lowest BCUT2D eigenvalue weighted by molar-refractivity contribution is -0.125. The van der Waals surface area contributed by atoms with Crippen LogP contribution in [0.5, 0.6) is 0 Å². The molecular formula is C32H36N6O5S. The quantitative estimate of drug-likeness (QED) is 0.189. The zero-order valence-corrected chi connectivity index (χ0v) is 25.9. The predicted molar refractivity (Wildman–Crippen MR) is 169 cm³/mol. The molecule has 5 rings (SSSR count). The molecule has 3 heterocycles. The molecule has 0 aliphatic carbocycles. The molecule has 0 saturated carbocycles. The van der Waals surface area contributed by atoms with Gasteiger partial charge in [-0.05, 0) is 55.5 Å². The number of rotatable bonds is 11. The van der Waals surface area contributed by atoms with Gasteiger partial charge in [0.1, 0.15) is 11.7 Å². The van der Waals surface area contributed by atoms with E-state index in [0.717, 1.165) is 4.70 Å². The molecule has 3 atom stereocenters. The Morgan fingerprint density at radius 1 is 1.05 bits per heavy atom. The van der Waals surface area contributed by atoms with Gasteiger partial charge in [0.05, 0.1) is 16.3 Å². The first-order chi connectivity index (χ1) is 21.0. The van der Waals surface area contributed by atoms with Crippen molar-refractivity contribution in [1.29, 1.82) is 0 Å². The second kappa shape index (κ2) is 13.0. The minimum Gasteiger partial charge on any atom is -0.356 e. The molecule has 4 N–H and O–H groups in total. The number of hydrogen-bond acceptors (Lipinski definition) is 7. The lowest BCUT2D eigenvalue weighted by atomic mass is 9.95. The molecular weight excluding hydrogens is 580 g/mol. The fourth-order valence-electron chi connectivity index (χ4n) is 5.43. The number of benzene rings is 2. The largest absolute Gasteiger partial charge is 0.356 e. The smallest absolute Gasteiger partial charge is 0.268 e. The normalized spacial score (nSPS) is 16.1. The predicted octanol–water partition coefficient (Wildman–Crippen LogP) is 3.52. The van der Waals surface area contributed by atoms with Crippen LogP contribution in [0.3, 0.4) is 0 Å². The van der Waals surface area contributed by atoms with Crippen molar-refractivity contribution in [3.8, 4) is 0 Å². The van der Waals surface area contributed by atoms with Crippen LogP contribution in [0.25, 0.3) is 21.1 Å². The van der Waals surface area contributed by atoms with E-state index < -0.39 is 29.8 Å². The van der Waals surface area contributed by atoms with Crippen molar-refractivity contribution in [2.24, 2.45) is 11.8 Å². The average Bonchev–Trinajstić information content (AvgIpc) is 3.73. The molecule has 11 nitrogen and oxygen atoms in total. The van der Waals surface area contributed by atoms with Gasteiger partial charge in [0.2, 0.25) is 17.6 Å². The summed E-state index contributed by atoms with van der Waals surface area (Å²) in [6, 6.07) is 12.2. The van der Waals surface area contributed by atoms with Gasteiger partial charge in [-0.3, -0.25) is 24.0 Å². The number of Topliss-reactive ketones (excluding diaryl/α,β-unsaturated/α-hetero) is 1. The van der Waals surface area contributed by atoms with Crippen molar-refractivity contribution in [2.75, 3.05) is 20.6 Å². The summed E-state index contributed by atoms with van der Waals surface area (Å²) in [7, 11) is 3.31. The number of fused-ring (bicyclic) bond motifs is 2. The molecule has 12 heteroatoms. The third-order valence-corrected chi connectivity index (χ3v) is 8.75. The van der Waals surface area contributed by atoms with Gasteiger partial charge in [-0.15, -0.1) is 11.3 Å². The molecule has 2 aromatic heterocycles. The Hall–Kier alpha value is -4.58. The maximum absolute atomic E-state index is 13.8. The molecule has 44 heavy (non-hydrogen) atoms. The van der Waals surface area contributed by atoms with E-state index in [1.54, 1.807) is 38.4 Å². The van der Waals surface area contributed by atoms with E-state index in [4.69, 9.17) is 0 Å². The molecule has 1 fully saturated rings. The zero-order valence-electron chi connectivity index (χ0n) is 25.1. The number of amides is 4.